The Morgan fingerprint density at radius 2 is 1.80 bits per heavy atom. The zero-order valence-corrected chi connectivity index (χ0v) is 18.3. The van der Waals surface area contributed by atoms with Gasteiger partial charge in [0.15, 0.2) is 0 Å². The molecule has 0 saturated carbocycles. The summed E-state index contributed by atoms with van der Waals surface area (Å²) < 4.78 is 32.3. The molecule has 2 heterocycles. The molecule has 1 atom stereocenters. The molecule has 0 spiro atoms. The second-order valence-electron chi connectivity index (χ2n) is 7.43. The first-order valence-electron chi connectivity index (χ1n) is 9.99. The van der Waals surface area contributed by atoms with E-state index in [1.807, 2.05) is 11.8 Å². The lowest BCUT2D eigenvalue weighted by molar-refractivity contribution is -0.139. The van der Waals surface area contributed by atoms with Crippen LogP contribution < -0.4 is 10.6 Å². The zero-order valence-electron chi connectivity index (χ0n) is 17.5. The number of carbonyl (C=O) groups is 2. The number of aryl methyl sites for hydroxylation is 1. The van der Waals surface area contributed by atoms with Gasteiger partial charge in [-0.1, -0.05) is 17.7 Å². The molecule has 3 rings (SSSR count). The number of amides is 2. The second-order valence-corrected chi connectivity index (χ2v) is 9.36. The molecule has 1 fully saturated rings. The molecule has 2 amide bonds. The maximum Gasteiger partial charge on any atom is 0.337 e. The number of rotatable bonds is 6. The van der Waals surface area contributed by atoms with Crippen molar-refractivity contribution in [3.8, 4) is 0 Å². The summed E-state index contributed by atoms with van der Waals surface area (Å²) in [6, 6.07) is 5.99. The minimum absolute atomic E-state index is 0.242. The standard InChI is InChI=1S/C20H28N4O5S/c1-4-29-19(25)18-15(3)21-20(26)22-17(18)13-23-9-11-24(12-10-23)30(27,28)16-7-5-14(2)6-8-16/h5-8,15H,4,9-13H2,1-3H3,(H2,21,22,26)/t15-/m0/s1. The van der Waals surface area contributed by atoms with E-state index >= 15 is 0 Å². The first-order valence-corrected chi connectivity index (χ1v) is 11.4. The molecule has 0 aliphatic carbocycles. The van der Waals surface area contributed by atoms with Gasteiger partial charge in [0.2, 0.25) is 10.0 Å². The Labute approximate surface area is 177 Å². The highest BCUT2D eigenvalue weighted by Gasteiger charge is 2.33. The lowest BCUT2D eigenvalue weighted by atomic mass is 10.0. The van der Waals surface area contributed by atoms with E-state index in [9.17, 15) is 18.0 Å². The number of hydrogen-bond acceptors (Lipinski definition) is 6. The predicted molar refractivity (Wildman–Crippen MR) is 111 cm³/mol. The monoisotopic (exact) mass is 436 g/mol. The third-order valence-corrected chi connectivity index (χ3v) is 7.15. The van der Waals surface area contributed by atoms with Crippen LogP contribution in [0.3, 0.4) is 0 Å². The van der Waals surface area contributed by atoms with Crippen molar-refractivity contribution in [3.63, 3.8) is 0 Å². The Hall–Kier alpha value is -2.43. The molecule has 1 aromatic rings. The van der Waals surface area contributed by atoms with E-state index in [4.69, 9.17) is 4.74 Å². The molecule has 0 bridgehead atoms. The number of esters is 1. The van der Waals surface area contributed by atoms with Gasteiger partial charge in [-0.3, -0.25) is 4.90 Å². The van der Waals surface area contributed by atoms with Gasteiger partial charge in [0.1, 0.15) is 0 Å². The molecule has 30 heavy (non-hydrogen) atoms. The lowest BCUT2D eigenvalue weighted by Gasteiger charge is -2.36. The Kier molecular flexibility index (Phi) is 6.79. The van der Waals surface area contributed by atoms with Gasteiger partial charge in [-0.2, -0.15) is 4.31 Å². The van der Waals surface area contributed by atoms with Crippen LogP contribution in [0.1, 0.15) is 19.4 Å². The summed E-state index contributed by atoms with van der Waals surface area (Å²) in [6.07, 6.45) is 0. The number of hydrogen-bond donors (Lipinski definition) is 2. The Morgan fingerprint density at radius 1 is 1.17 bits per heavy atom. The number of nitrogens with one attached hydrogen (secondary N) is 2. The average molecular weight is 437 g/mol. The first kappa shape index (κ1) is 22.3. The van der Waals surface area contributed by atoms with E-state index in [1.165, 1.54) is 4.31 Å². The molecular formula is C20H28N4O5S. The predicted octanol–water partition coefficient (Wildman–Crippen LogP) is 0.820. The van der Waals surface area contributed by atoms with E-state index in [-0.39, 0.29) is 17.5 Å². The van der Waals surface area contributed by atoms with Crippen LogP contribution in [0.4, 0.5) is 4.79 Å². The fourth-order valence-corrected chi connectivity index (χ4v) is 5.04. The van der Waals surface area contributed by atoms with Crippen molar-refractivity contribution in [2.75, 3.05) is 39.3 Å². The van der Waals surface area contributed by atoms with Crippen molar-refractivity contribution in [2.24, 2.45) is 0 Å². The van der Waals surface area contributed by atoms with E-state index in [1.54, 1.807) is 38.1 Å². The van der Waals surface area contributed by atoms with Gasteiger partial charge in [-0.15, -0.1) is 0 Å². The van der Waals surface area contributed by atoms with E-state index < -0.39 is 22.0 Å². The van der Waals surface area contributed by atoms with Crippen molar-refractivity contribution < 1.29 is 22.7 Å². The SMILES string of the molecule is CCOC(=O)C1=C(CN2CCN(S(=O)(=O)c3ccc(C)cc3)CC2)NC(=O)N[C@H]1C. The van der Waals surface area contributed by atoms with Crippen LogP contribution >= 0.6 is 0 Å². The van der Waals surface area contributed by atoms with Crippen LogP contribution in [0, 0.1) is 6.92 Å². The summed E-state index contributed by atoms with van der Waals surface area (Å²) in [5, 5.41) is 5.38. The van der Waals surface area contributed by atoms with Crippen molar-refractivity contribution in [3.05, 3.63) is 41.1 Å². The highest BCUT2D eigenvalue weighted by atomic mass is 32.2. The maximum absolute atomic E-state index is 12.9. The van der Waals surface area contributed by atoms with Crippen LogP contribution in [0.25, 0.3) is 0 Å². The number of carbonyl (C=O) groups excluding carboxylic acids is 2. The minimum atomic E-state index is -3.54. The van der Waals surface area contributed by atoms with Gasteiger partial charge in [0, 0.05) is 38.4 Å². The van der Waals surface area contributed by atoms with Gasteiger partial charge < -0.3 is 15.4 Å². The van der Waals surface area contributed by atoms with Gasteiger partial charge in [0.05, 0.1) is 23.1 Å². The van der Waals surface area contributed by atoms with Gasteiger partial charge in [-0.05, 0) is 32.9 Å². The highest BCUT2D eigenvalue weighted by Crippen LogP contribution is 2.20. The third-order valence-electron chi connectivity index (χ3n) is 5.24. The summed E-state index contributed by atoms with van der Waals surface area (Å²) in [6.45, 7) is 7.60. The summed E-state index contributed by atoms with van der Waals surface area (Å²) in [4.78, 5) is 26.6. The molecule has 9 nitrogen and oxygen atoms in total. The fourth-order valence-electron chi connectivity index (χ4n) is 3.62. The number of sulfonamides is 1. The summed E-state index contributed by atoms with van der Waals surface area (Å²) in [5.74, 6) is -0.465. The van der Waals surface area contributed by atoms with E-state index in [2.05, 4.69) is 10.6 Å². The van der Waals surface area contributed by atoms with Crippen molar-refractivity contribution in [1.82, 2.24) is 19.8 Å². The molecule has 10 heteroatoms. The fraction of sp³-hybridized carbons (Fsp3) is 0.500. The zero-order chi connectivity index (χ0) is 21.9. The van der Waals surface area contributed by atoms with E-state index in [0.717, 1.165) is 5.56 Å². The summed E-state index contributed by atoms with van der Waals surface area (Å²) in [7, 11) is -3.54. The van der Waals surface area contributed by atoms with Crippen molar-refractivity contribution >= 4 is 22.0 Å². The Bertz CT molecular complexity index is 934. The number of benzene rings is 1. The van der Waals surface area contributed by atoms with E-state index in [0.29, 0.717) is 44.0 Å². The smallest absolute Gasteiger partial charge is 0.337 e. The average Bonchev–Trinajstić information content (AvgIpc) is 2.68. The molecule has 0 aromatic heterocycles. The number of urea groups is 1. The Balaban J connectivity index is 1.69. The lowest BCUT2D eigenvalue weighted by Crippen LogP contribution is -2.54. The number of piperazine rings is 1. The quantitative estimate of drug-likeness (QED) is 0.640. The molecule has 1 saturated heterocycles. The topological polar surface area (TPSA) is 108 Å². The molecular weight excluding hydrogens is 408 g/mol. The third kappa shape index (κ3) is 4.82. The molecule has 0 unspecified atom stereocenters. The second kappa shape index (κ2) is 9.15. The van der Waals surface area contributed by atoms with Gasteiger partial charge in [0.25, 0.3) is 0 Å². The largest absolute Gasteiger partial charge is 0.463 e. The number of nitrogens with zero attached hydrogens (tertiary/aromatic N) is 2. The molecule has 164 valence electrons. The van der Waals surface area contributed by atoms with Crippen molar-refractivity contribution in [1.29, 1.82) is 0 Å². The minimum Gasteiger partial charge on any atom is -0.463 e. The molecule has 2 aliphatic heterocycles. The van der Waals surface area contributed by atoms with Crippen LogP contribution in [-0.2, 0) is 19.6 Å². The first-order chi connectivity index (χ1) is 14.2. The highest BCUT2D eigenvalue weighted by molar-refractivity contribution is 7.89. The molecule has 0 radical (unpaired) electrons. The van der Waals surface area contributed by atoms with Crippen molar-refractivity contribution in [2.45, 2.75) is 31.7 Å². The molecule has 1 aromatic carbocycles. The molecule has 2 N–H and O–H groups in total. The van der Waals surface area contributed by atoms with Crippen LogP contribution in [-0.4, -0.2) is 75.0 Å². The van der Waals surface area contributed by atoms with Crippen LogP contribution in [0.15, 0.2) is 40.4 Å². The molecule has 2 aliphatic rings. The van der Waals surface area contributed by atoms with Gasteiger partial charge in [-0.25, -0.2) is 18.0 Å². The van der Waals surface area contributed by atoms with Crippen LogP contribution in [0.2, 0.25) is 0 Å². The normalized spacial score (nSPS) is 21.2. The Morgan fingerprint density at radius 3 is 2.40 bits per heavy atom. The van der Waals surface area contributed by atoms with Gasteiger partial charge >= 0.3 is 12.0 Å². The van der Waals surface area contributed by atoms with Crippen LogP contribution in [0.5, 0.6) is 0 Å². The number of ether oxygens (including phenoxy) is 1. The maximum atomic E-state index is 12.9. The summed E-state index contributed by atoms with van der Waals surface area (Å²) >= 11 is 0. The summed E-state index contributed by atoms with van der Waals surface area (Å²) in [5.41, 5.74) is 1.90.